The van der Waals surface area contributed by atoms with Gasteiger partial charge in [-0.25, -0.2) is 4.79 Å². The van der Waals surface area contributed by atoms with E-state index in [0.29, 0.717) is 12.1 Å². The second kappa shape index (κ2) is 3.12. The van der Waals surface area contributed by atoms with Gasteiger partial charge < -0.3 is 10.1 Å². The van der Waals surface area contributed by atoms with Gasteiger partial charge in [-0.05, 0) is 27.2 Å². The summed E-state index contributed by atoms with van der Waals surface area (Å²) in [6.45, 7) is 7.53. The van der Waals surface area contributed by atoms with Crippen molar-refractivity contribution in [2.75, 3.05) is 13.1 Å². The molecule has 0 aromatic rings. The number of amides is 1. The molecule has 3 rings (SSSR count). The topological polar surface area (TPSA) is 41.6 Å². The van der Waals surface area contributed by atoms with Crippen molar-refractivity contribution in [2.24, 2.45) is 0 Å². The SMILES string of the molecule is CC(C)(C)OC(=O)N1[C@H]2CNC[C@H]1C2. The average molecular weight is 198 g/mol. The van der Waals surface area contributed by atoms with Crippen LogP contribution in [0.25, 0.3) is 0 Å². The molecule has 1 N–H and O–H groups in total. The number of rotatable bonds is 0. The summed E-state index contributed by atoms with van der Waals surface area (Å²) in [4.78, 5) is 13.6. The van der Waals surface area contributed by atoms with Crippen molar-refractivity contribution in [3.05, 3.63) is 0 Å². The molecule has 1 amide bonds. The first-order valence-electron chi connectivity index (χ1n) is 5.19. The number of nitrogens with zero attached hydrogens (tertiary/aromatic N) is 1. The van der Waals surface area contributed by atoms with Crippen LogP contribution in [0.2, 0.25) is 0 Å². The molecule has 80 valence electrons. The van der Waals surface area contributed by atoms with E-state index in [1.807, 2.05) is 25.7 Å². The van der Waals surface area contributed by atoms with Crippen LogP contribution in [0.4, 0.5) is 4.79 Å². The molecule has 0 unspecified atom stereocenters. The predicted octanol–water partition coefficient (Wildman–Crippen LogP) is 0.968. The zero-order valence-electron chi connectivity index (χ0n) is 9.04. The maximum Gasteiger partial charge on any atom is 0.410 e. The number of fused-ring (bicyclic) bond motifs is 2. The minimum absolute atomic E-state index is 0.153. The van der Waals surface area contributed by atoms with Gasteiger partial charge >= 0.3 is 6.09 Å². The van der Waals surface area contributed by atoms with E-state index in [0.717, 1.165) is 19.5 Å². The van der Waals surface area contributed by atoms with Gasteiger partial charge in [-0.1, -0.05) is 0 Å². The van der Waals surface area contributed by atoms with Crippen molar-refractivity contribution in [3.63, 3.8) is 0 Å². The molecule has 0 aromatic heterocycles. The van der Waals surface area contributed by atoms with Crippen molar-refractivity contribution in [3.8, 4) is 0 Å². The molecule has 2 atom stereocenters. The van der Waals surface area contributed by atoms with Gasteiger partial charge in [0.2, 0.25) is 0 Å². The first-order valence-corrected chi connectivity index (χ1v) is 5.19. The maximum atomic E-state index is 11.7. The van der Waals surface area contributed by atoms with E-state index in [4.69, 9.17) is 4.74 Å². The van der Waals surface area contributed by atoms with E-state index in [2.05, 4.69) is 5.32 Å². The molecule has 4 heteroatoms. The number of nitrogens with one attached hydrogen (secondary N) is 1. The Hall–Kier alpha value is -0.770. The summed E-state index contributed by atoms with van der Waals surface area (Å²) >= 11 is 0. The first kappa shape index (κ1) is 9.77. The average Bonchev–Trinajstić information content (AvgIpc) is 2.01. The van der Waals surface area contributed by atoms with E-state index in [1.165, 1.54) is 0 Å². The Labute approximate surface area is 84.6 Å². The van der Waals surface area contributed by atoms with Crippen molar-refractivity contribution >= 4 is 6.09 Å². The van der Waals surface area contributed by atoms with Crippen LogP contribution in [0.15, 0.2) is 0 Å². The van der Waals surface area contributed by atoms with Crippen LogP contribution in [0.1, 0.15) is 27.2 Å². The third kappa shape index (κ3) is 1.71. The zero-order valence-corrected chi connectivity index (χ0v) is 9.04. The van der Waals surface area contributed by atoms with Gasteiger partial charge in [0, 0.05) is 25.2 Å². The molecule has 3 aliphatic heterocycles. The lowest BCUT2D eigenvalue weighted by Gasteiger charge is -2.52. The third-order valence-corrected chi connectivity index (χ3v) is 2.70. The molecule has 14 heavy (non-hydrogen) atoms. The lowest BCUT2D eigenvalue weighted by atomic mass is 9.89. The second-order valence-corrected chi connectivity index (χ2v) is 5.09. The first-order chi connectivity index (χ1) is 6.47. The molecular formula is C10H18N2O2. The smallest absolute Gasteiger partial charge is 0.410 e. The number of hydrogen-bond donors (Lipinski definition) is 1. The van der Waals surface area contributed by atoms with Crippen molar-refractivity contribution < 1.29 is 9.53 Å². The number of carbonyl (C=O) groups is 1. The predicted molar refractivity (Wildman–Crippen MR) is 53.1 cm³/mol. The number of hydrogen-bond acceptors (Lipinski definition) is 3. The minimum Gasteiger partial charge on any atom is -0.444 e. The molecular weight excluding hydrogens is 180 g/mol. The molecule has 3 aliphatic rings. The lowest BCUT2D eigenvalue weighted by Crippen LogP contribution is -2.69. The minimum atomic E-state index is -0.381. The highest BCUT2D eigenvalue weighted by Gasteiger charge is 2.45. The maximum absolute atomic E-state index is 11.7. The monoisotopic (exact) mass is 198 g/mol. The molecule has 3 heterocycles. The summed E-state index contributed by atoms with van der Waals surface area (Å²) in [6, 6.07) is 0.729. The largest absolute Gasteiger partial charge is 0.444 e. The van der Waals surface area contributed by atoms with E-state index < -0.39 is 0 Å². The summed E-state index contributed by atoms with van der Waals surface area (Å²) in [7, 11) is 0. The molecule has 3 fully saturated rings. The number of piperidine rings is 1. The molecule has 0 radical (unpaired) electrons. The molecule has 0 aliphatic carbocycles. The fourth-order valence-electron chi connectivity index (χ4n) is 2.09. The highest BCUT2D eigenvalue weighted by molar-refractivity contribution is 5.70. The van der Waals surface area contributed by atoms with Gasteiger partial charge in [0.1, 0.15) is 5.60 Å². The van der Waals surface area contributed by atoms with Gasteiger partial charge in [0.25, 0.3) is 0 Å². The summed E-state index contributed by atoms with van der Waals surface area (Å²) in [5.41, 5.74) is -0.381. The van der Waals surface area contributed by atoms with Gasteiger partial charge in [-0.15, -0.1) is 0 Å². The Balaban J connectivity index is 1.93. The molecule has 0 aromatic carbocycles. The van der Waals surface area contributed by atoms with Crippen molar-refractivity contribution in [1.29, 1.82) is 0 Å². The zero-order chi connectivity index (χ0) is 10.3. The van der Waals surface area contributed by atoms with Crippen LogP contribution in [0, 0.1) is 0 Å². The lowest BCUT2D eigenvalue weighted by molar-refractivity contribution is -0.0439. The quantitative estimate of drug-likeness (QED) is 0.630. The number of piperazine rings is 1. The number of ether oxygens (including phenoxy) is 1. The van der Waals surface area contributed by atoms with Crippen LogP contribution < -0.4 is 5.32 Å². The Morgan fingerprint density at radius 2 is 1.93 bits per heavy atom. The van der Waals surface area contributed by atoms with Crippen LogP contribution in [-0.2, 0) is 4.74 Å². The summed E-state index contributed by atoms with van der Waals surface area (Å²) in [6.07, 6.45) is 0.979. The summed E-state index contributed by atoms with van der Waals surface area (Å²) < 4.78 is 5.34. The molecule has 4 nitrogen and oxygen atoms in total. The van der Waals surface area contributed by atoms with E-state index in [-0.39, 0.29) is 11.7 Å². The fourth-order valence-corrected chi connectivity index (χ4v) is 2.09. The van der Waals surface area contributed by atoms with Gasteiger partial charge in [-0.3, -0.25) is 4.90 Å². The highest BCUT2D eigenvalue weighted by atomic mass is 16.6. The van der Waals surface area contributed by atoms with Crippen molar-refractivity contribution in [2.45, 2.75) is 44.9 Å². The van der Waals surface area contributed by atoms with Gasteiger partial charge in [0.05, 0.1) is 0 Å². The second-order valence-electron chi connectivity index (χ2n) is 5.09. The van der Waals surface area contributed by atoms with E-state index >= 15 is 0 Å². The van der Waals surface area contributed by atoms with Crippen LogP contribution in [-0.4, -0.2) is 41.8 Å². The van der Waals surface area contributed by atoms with E-state index in [9.17, 15) is 4.79 Å². The van der Waals surface area contributed by atoms with Crippen molar-refractivity contribution in [1.82, 2.24) is 10.2 Å². The Bertz CT molecular complexity index is 233. The van der Waals surface area contributed by atoms with Gasteiger partial charge in [0.15, 0.2) is 0 Å². The van der Waals surface area contributed by atoms with E-state index in [1.54, 1.807) is 0 Å². The Morgan fingerprint density at radius 1 is 1.36 bits per heavy atom. The normalized spacial score (nSPS) is 30.9. The van der Waals surface area contributed by atoms with Gasteiger partial charge in [-0.2, -0.15) is 0 Å². The standard InChI is InChI=1S/C10H18N2O2/c1-10(2,3)14-9(13)12-7-4-8(12)6-11-5-7/h7-8,11H,4-6H2,1-3H3/t7-,8-/m1/s1. The van der Waals surface area contributed by atoms with Crippen LogP contribution >= 0.6 is 0 Å². The third-order valence-electron chi connectivity index (χ3n) is 2.70. The molecule has 3 saturated heterocycles. The highest BCUT2D eigenvalue weighted by Crippen LogP contribution is 2.29. The fraction of sp³-hybridized carbons (Fsp3) is 0.900. The Morgan fingerprint density at radius 3 is 2.36 bits per heavy atom. The number of carbonyl (C=O) groups excluding carboxylic acids is 1. The Kier molecular flexibility index (Phi) is 2.18. The molecule has 0 spiro atoms. The van der Waals surface area contributed by atoms with Crippen LogP contribution in [0.3, 0.4) is 0 Å². The molecule has 0 saturated carbocycles. The van der Waals surface area contributed by atoms with Crippen LogP contribution in [0.5, 0.6) is 0 Å². The summed E-state index contributed by atoms with van der Waals surface area (Å²) in [5.74, 6) is 0. The molecule has 2 bridgehead atoms. The summed E-state index contributed by atoms with van der Waals surface area (Å²) in [5, 5.41) is 3.28.